The van der Waals surface area contributed by atoms with Crippen LogP contribution in [0.1, 0.15) is 0 Å². The first-order valence-electron chi connectivity index (χ1n) is 15.3. The molecule has 48 heavy (non-hydrogen) atoms. The van der Waals surface area contributed by atoms with Crippen LogP contribution in [-0.4, -0.2) is 14.5 Å². The van der Waals surface area contributed by atoms with Gasteiger partial charge in [-0.05, 0) is 75.1 Å². The first kappa shape index (κ1) is 31.6. The zero-order valence-corrected chi connectivity index (χ0v) is 29.6. The van der Waals surface area contributed by atoms with Gasteiger partial charge in [-0.1, -0.05) is 101 Å². The standard InChI is InChI=1S/C31H19N2S2.C11H8N.Ir/c1-2-6-21(7-3-1)22-10-13-25(14-11-22)33-29-9-5-4-8-28(29)32-31(33)27-20-35-30-15-12-23(18-26(27)30)24-16-17-34-19-24;1-2-6-10(7-3-1)11-8-4-5-9-12-11;/h1-19H;1-6,8-9H;/q2*-1;. The van der Waals surface area contributed by atoms with Gasteiger partial charge in [0.1, 0.15) is 0 Å². The number of rotatable bonds is 5. The van der Waals surface area contributed by atoms with Gasteiger partial charge in [0.2, 0.25) is 0 Å². The molecule has 5 aromatic carbocycles. The number of pyridine rings is 1. The summed E-state index contributed by atoms with van der Waals surface area (Å²) in [6, 6.07) is 53.3. The molecule has 0 amide bonds. The van der Waals surface area contributed by atoms with Crippen LogP contribution in [0.5, 0.6) is 0 Å². The molecule has 233 valence electrons. The van der Waals surface area contributed by atoms with Gasteiger partial charge in [0.05, 0.1) is 16.9 Å². The summed E-state index contributed by atoms with van der Waals surface area (Å²) in [5.74, 6) is 0.923. The van der Waals surface area contributed by atoms with E-state index in [1.807, 2.05) is 54.6 Å². The molecule has 0 unspecified atom stereocenters. The van der Waals surface area contributed by atoms with Gasteiger partial charge in [-0.3, -0.25) is 16.3 Å². The fraction of sp³-hybridized carbons (Fsp3) is 0. The summed E-state index contributed by atoms with van der Waals surface area (Å²) in [5.41, 5.74) is 11.1. The van der Waals surface area contributed by atoms with Gasteiger partial charge in [0.25, 0.3) is 0 Å². The predicted molar refractivity (Wildman–Crippen MR) is 198 cm³/mol. The minimum atomic E-state index is 0. The van der Waals surface area contributed by atoms with E-state index in [-0.39, 0.29) is 20.1 Å². The van der Waals surface area contributed by atoms with Crippen molar-refractivity contribution in [2.24, 2.45) is 0 Å². The van der Waals surface area contributed by atoms with E-state index < -0.39 is 0 Å². The van der Waals surface area contributed by atoms with Crippen LogP contribution in [0.25, 0.3) is 71.7 Å². The van der Waals surface area contributed by atoms with Crippen LogP contribution in [0, 0.1) is 11.4 Å². The van der Waals surface area contributed by atoms with Gasteiger partial charge in [-0.2, -0.15) is 11.3 Å². The Bertz CT molecular complexity index is 2340. The molecule has 0 spiro atoms. The largest absolute Gasteiger partial charge is 0.333 e. The molecule has 9 aromatic rings. The number of thiophene rings is 2. The Morgan fingerprint density at radius 3 is 2.19 bits per heavy atom. The van der Waals surface area contributed by atoms with Crippen molar-refractivity contribution in [3.63, 3.8) is 0 Å². The molecule has 0 aliphatic rings. The number of benzene rings is 5. The summed E-state index contributed by atoms with van der Waals surface area (Å²) in [6.45, 7) is 0. The number of nitrogens with zero attached hydrogens (tertiary/aromatic N) is 3. The maximum absolute atomic E-state index is 5.10. The number of fused-ring (bicyclic) bond motifs is 2. The van der Waals surface area contributed by atoms with Crippen molar-refractivity contribution >= 4 is 43.8 Å². The fourth-order valence-corrected chi connectivity index (χ4v) is 7.20. The van der Waals surface area contributed by atoms with Crippen LogP contribution >= 0.6 is 22.7 Å². The third-order valence-corrected chi connectivity index (χ3v) is 9.60. The topological polar surface area (TPSA) is 30.7 Å². The van der Waals surface area contributed by atoms with E-state index in [1.54, 1.807) is 28.9 Å². The normalized spacial score (nSPS) is 10.8. The minimum absolute atomic E-state index is 0. The molecule has 0 fully saturated rings. The van der Waals surface area contributed by atoms with Crippen molar-refractivity contribution in [3.05, 3.63) is 174 Å². The van der Waals surface area contributed by atoms with Crippen LogP contribution in [0.4, 0.5) is 0 Å². The van der Waals surface area contributed by atoms with Crippen molar-refractivity contribution in [1.29, 1.82) is 0 Å². The van der Waals surface area contributed by atoms with Gasteiger partial charge >= 0.3 is 0 Å². The molecule has 4 heterocycles. The first-order valence-corrected chi connectivity index (χ1v) is 17.1. The molecule has 6 heteroatoms. The number of aromatic nitrogens is 3. The zero-order valence-electron chi connectivity index (χ0n) is 25.6. The van der Waals surface area contributed by atoms with E-state index in [1.165, 1.54) is 32.3 Å². The average molecular weight is 830 g/mol. The molecular formula is C42H27IrN3S2-2. The Labute approximate surface area is 301 Å². The SMILES string of the molecule is [Ir].[c-]1ccccc1-c1ccccn1.[c-]1sc2ccc(-c3ccsc3)cc2c1-c1nc2ccccc2n1-c1ccc(-c2ccccc2)cc1. The molecule has 0 saturated carbocycles. The number of imidazole rings is 1. The quantitative estimate of drug-likeness (QED) is 0.162. The molecule has 0 aliphatic carbocycles. The van der Waals surface area contributed by atoms with Crippen molar-refractivity contribution in [2.45, 2.75) is 0 Å². The second-order valence-corrected chi connectivity index (χ2v) is 12.6. The van der Waals surface area contributed by atoms with Crippen molar-refractivity contribution in [3.8, 4) is 50.6 Å². The molecule has 4 aromatic heterocycles. The first-order chi connectivity index (χ1) is 23.3. The molecule has 0 bridgehead atoms. The van der Waals surface area contributed by atoms with E-state index >= 15 is 0 Å². The van der Waals surface area contributed by atoms with Gasteiger partial charge in [-0.15, -0.1) is 41.3 Å². The second kappa shape index (κ2) is 14.4. The van der Waals surface area contributed by atoms with E-state index in [2.05, 4.69) is 123 Å². The molecule has 3 nitrogen and oxygen atoms in total. The molecule has 0 atom stereocenters. The van der Waals surface area contributed by atoms with Crippen LogP contribution < -0.4 is 0 Å². The van der Waals surface area contributed by atoms with Gasteiger partial charge in [0, 0.05) is 32.0 Å². The molecule has 0 N–H and O–H groups in total. The molecular weight excluding hydrogens is 803 g/mol. The van der Waals surface area contributed by atoms with E-state index in [0.717, 1.165) is 39.4 Å². The number of hydrogen-bond acceptors (Lipinski definition) is 4. The summed E-state index contributed by atoms with van der Waals surface area (Å²) in [6.07, 6.45) is 1.79. The third-order valence-electron chi connectivity index (χ3n) is 8.03. The average Bonchev–Trinajstić information content (AvgIpc) is 3.92. The van der Waals surface area contributed by atoms with Gasteiger partial charge in [0.15, 0.2) is 0 Å². The Balaban J connectivity index is 0.000000237. The smallest absolute Gasteiger partial charge is 0.0774 e. The maximum atomic E-state index is 5.10. The minimum Gasteiger partial charge on any atom is -0.333 e. The predicted octanol–water partition coefficient (Wildman–Crippen LogP) is 11.6. The van der Waals surface area contributed by atoms with Crippen LogP contribution in [-0.2, 0) is 20.1 Å². The maximum Gasteiger partial charge on any atom is 0.0774 e. The number of para-hydroxylation sites is 2. The van der Waals surface area contributed by atoms with Crippen LogP contribution in [0.2, 0.25) is 0 Å². The third kappa shape index (κ3) is 6.44. The summed E-state index contributed by atoms with van der Waals surface area (Å²) < 4.78 is 3.48. The van der Waals surface area contributed by atoms with E-state index in [9.17, 15) is 0 Å². The van der Waals surface area contributed by atoms with E-state index in [0.29, 0.717) is 0 Å². The van der Waals surface area contributed by atoms with Crippen molar-refractivity contribution in [1.82, 2.24) is 14.5 Å². The molecule has 0 saturated heterocycles. The Kier molecular flexibility index (Phi) is 9.50. The molecule has 1 radical (unpaired) electrons. The van der Waals surface area contributed by atoms with Crippen molar-refractivity contribution in [2.75, 3.05) is 0 Å². The van der Waals surface area contributed by atoms with Crippen LogP contribution in [0.15, 0.2) is 163 Å². The Morgan fingerprint density at radius 1 is 0.646 bits per heavy atom. The Hall–Kier alpha value is -4.97. The molecule has 0 aliphatic heterocycles. The zero-order chi connectivity index (χ0) is 31.4. The summed E-state index contributed by atoms with van der Waals surface area (Å²) in [7, 11) is 0. The summed E-state index contributed by atoms with van der Waals surface area (Å²) in [5, 5.41) is 9.08. The summed E-state index contributed by atoms with van der Waals surface area (Å²) in [4.78, 5) is 9.31. The number of hydrogen-bond donors (Lipinski definition) is 0. The van der Waals surface area contributed by atoms with Gasteiger partial charge < -0.3 is 9.55 Å². The monoisotopic (exact) mass is 830 g/mol. The van der Waals surface area contributed by atoms with Gasteiger partial charge in [-0.25, -0.2) is 0 Å². The van der Waals surface area contributed by atoms with Crippen molar-refractivity contribution < 1.29 is 20.1 Å². The molecule has 9 rings (SSSR count). The fourth-order valence-electron chi connectivity index (χ4n) is 5.71. The second-order valence-electron chi connectivity index (χ2n) is 11.0. The van der Waals surface area contributed by atoms with E-state index in [4.69, 9.17) is 4.98 Å². The van der Waals surface area contributed by atoms with Crippen LogP contribution in [0.3, 0.4) is 0 Å². The Morgan fingerprint density at radius 2 is 1.42 bits per heavy atom. The summed E-state index contributed by atoms with van der Waals surface area (Å²) >= 11 is 3.38.